The number of fused-ring (bicyclic) bond motifs is 3. The van der Waals surface area contributed by atoms with E-state index in [2.05, 4.69) is 34.3 Å². The highest BCUT2D eigenvalue weighted by Gasteiger charge is 2.31. The monoisotopic (exact) mass is 392 g/mol. The number of nitrogens with one attached hydrogen (secondary N) is 1. The van der Waals surface area contributed by atoms with Gasteiger partial charge in [0, 0.05) is 18.0 Å². The van der Waals surface area contributed by atoms with Crippen LogP contribution in [0.25, 0.3) is 10.2 Å². The predicted octanol–water partition coefficient (Wildman–Crippen LogP) is 3.88. The second-order valence-corrected chi connectivity index (χ2v) is 8.99. The van der Waals surface area contributed by atoms with E-state index in [0.717, 1.165) is 41.5 Å². The fraction of sp³-hybridized carbons (Fsp3) is 0.409. The van der Waals surface area contributed by atoms with Crippen LogP contribution in [0.5, 0.6) is 0 Å². The molecule has 1 N–H and O–H groups in total. The zero-order valence-electron chi connectivity index (χ0n) is 16.0. The van der Waals surface area contributed by atoms with Crippen LogP contribution in [0.15, 0.2) is 36.7 Å². The molecule has 2 aromatic heterocycles. The molecule has 5 nitrogen and oxygen atoms in total. The van der Waals surface area contributed by atoms with Gasteiger partial charge in [0.1, 0.15) is 17.0 Å². The molecule has 2 aliphatic rings. The molecular formula is C22H24N4OS. The lowest BCUT2D eigenvalue weighted by molar-refractivity contribution is -0.121. The molecule has 3 heterocycles. The molecule has 1 saturated heterocycles. The second-order valence-electron chi connectivity index (χ2n) is 7.90. The van der Waals surface area contributed by atoms with Crippen molar-refractivity contribution in [1.82, 2.24) is 15.3 Å². The number of aryl methyl sites for hydroxylation is 1. The molecule has 1 aromatic carbocycles. The quantitative estimate of drug-likeness (QED) is 0.719. The summed E-state index contributed by atoms with van der Waals surface area (Å²) >= 11 is 1.82. The summed E-state index contributed by atoms with van der Waals surface area (Å²) in [5, 5.41) is 4.25. The van der Waals surface area contributed by atoms with Gasteiger partial charge in [-0.05, 0) is 36.3 Å². The normalized spacial score (nSPS) is 22.6. The number of nitrogens with zero attached hydrogens (tertiary/aromatic N) is 3. The van der Waals surface area contributed by atoms with Gasteiger partial charge in [0.2, 0.25) is 5.91 Å². The first kappa shape index (κ1) is 17.6. The molecule has 2 atom stereocenters. The van der Waals surface area contributed by atoms with Crippen LogP contribution in [-0.2, 0) is 17.6 Å². The van der Waals surface area contributed by atoms with E-state index >= 15 is 0 Å². The molecule has 1 fully saturated rings. The van der Waals surface area contributed by atoms with Crippen molar-refractivity contribution in [1.29, 1.82) is 0 Å². The Kier molecular flexibility index (Phi) is 4.51. The number of benzene rings is 1. The minimum atomic E-state index is -0.0140. The van der Waals surface area contributed by atoms with Crippen molar-refractivity contribution in [2.75, 3.05) is 18.0 Å². The van der Waals surface area contributed by atoms with Crippen molar-refractivity contribution in [3.05, 3.63) is 52.7 Å². The third kappa shape index (κ3) is 3.05. The van der Waals surface area contributed by atoms with E-state index in [0.29, 0.717) is 13.0 Å². The number of aromatic nitrogens is 2. The molecule has 0 saturated carbocycles. The zero-order chi connectivity index (χ0) is 19.1. The van der Waals surface area contributed by atoms with Gasteiger partial charge >= 0.3 is 0 Å². The number of hydrogen-bond donors (Lipinski definition) is 1. The lowest BCUT2D eigenvalue weighted by Crippen LogP contribution is -2.32. The van der Waals surface area contributed by atoms with E-state index in [9.17, 15) is 4.79 Å². The minimum absolute atomic E-state index is 0.0140. The van der Waals surface area contributed by atoms with Gasteiger partial charge in [-0.2, -0.15) is 0 Å². The minimum Gasteiger partial charge on any atom is -0.354 e. The van der Waals surface area contributed by atoms with Crippen molar-refractivity contribution in [2.24, 2.45) is 5.92 Å². The Morgan fingerprint density at radius 3 is 2.89 bits per heavy atom. The molecule has 3 aromatic rings. The Bertz CT molecular complexity index is 1020. The topological polar surface area (TPSA) is 58.1 Å². The third-order valence-corrected chi connectivity index (χ3v) is 7.12. The Hall–Kier alpha value is -2.47. The first-order valence-electron chi connectivity index (χ1n) is 10.0. The maximum Gasteiger partial charge on any atom is 0.222 e. The van der Waals surface area contributed by atoms with Gasteiger partial charge in [-0.1, -0.05) is 37.3 Å². The van der Waals surface area contributed by atoms with Crippen LogP contribution in [0.3, 0.4) is 0 Å². The van der Waals surface area contributed by atoms with Crippen LogP contribution in [0.1, 0.15) is 41.8 Å². The van der Waals surface area contributed by atoms with Crippen LogP contribution >= 0.6 is 11.3 Å². The van der Waals surface area contributed by atoms with Crippen LogP contribution < -0.4 is 10.2 Å². The fourth-order valence-electron chi connectivity index (χ4n) is 4.53. The first-order chi connectivity index (χ1) is 13.7. The van der Waals surface area contributed by atoms with Gasteiger partial charge in [0.15, 0.2) is 0 Å². The van der Waals surface area contributed by atoms with Crippen molar-refractivity contribution in [3.63, 3.8) is 0 Å². The third-order valence-electron chi connectivity index (χ3n) is 5.96. The number of rotatable bonds is 2. The van der Waals surface area contributed by atoms with Crippen LogP contribution in [0.4, 0.5) is 5.82 Å². The highest BCUT2D eigenvalue weighted by atomic mass is 32.1. The van der Waals surface area contributed by atoms with Gasteiger partial charge in [-0.15, -0.1) is 11.3 Å². The smallest absolute Gasteiger partial charge is 0.222 e. The number of thiophene rings is 1. The molecule has 5 rings (SSSR count). The van der Waals surface area contributed by atoms with E-state index in [1.54, 1.807) is 6.33 Å². The summed E-state index contributed by atoms with van der Waals surface area (Å²) in [5.74, 6) is 1.82. The lowest BCUT2D eigenvalue weighted by atomic mass is 9.89. The summed E-state index contributed by atoms with van der Waals surface area (Å²) in [6, 6.07) is 10.3. The molecule has 6 heteroatoms. The van der Waals surface area contributed by atoms with Crippen molar-refractivity contribution in [3.8, 4) is 0 Å². The maximum atomic E-state index is 12.4. The Morgan fingerprint density at radius 2 is 2.04 bits per heavy atom. The van der Waals surface area contributed by atoms with Crippen LogP contribution in [0.2, 0.25) is 0 Å². The van der Waals surface area contributed by atoms with Gasteiger partial charge < -0.3 is 10.2 Å². The average Bonchev–Trinajstić information content (AvgIpc) is 2.96. The summed E-state index contributed by atoms with van der Waals surface area (Å²) in [5.41, 5.74) is 2.59. The van der Waals surface area contributed by atoms with E-state index in [-0.39, 0.29) is 11.9 Å². The Morgan fingerprint density at radius 1 is 1.18 bits per heavy atom. The van der Waals surface area contributed by atoms with E-state index in [4.69, 9.17) is 4.98 Å². The van der Waals surface area contributed by atoms with Crippen LogP contribution in [0, 0.1) is 5.92 Å². The number of amides is 1. The zero-order valence-corrected chi connectivity index (χ0v) is 16.8. The molecule has 1 amide bonds. The second kappa shape index (κ2) is 7.17. The van der Waals surface area contributed by atoms with Crippen molar-refractivity contribution < 1.29 is 4.79 Å². The van der Waals surface area contributed by atoms with Crippen LogP contribution in [-0.4, -0.2) is 29.0 Å². The van der Waals surface area contributed by atoms with Gasteiger partial charge in [0.05, 0.1) is 17.8 Å². The Balaban J connectivity index is 1.65. The fourth-order valence-corrected chi connectivity index (χ4v) is 5.88. The summed E-state index contributed by atoms with van der Waals surface area (Å²) in [4.78, 5) is 26.6. The highest BCUT2D eigenvalue weighted by molar-refractivity contribution is 7.19. The number of anilines is 1. The predicted molar refractivity (Wildman–Crippen MR) is 113 cm³/mol. The SMILES string of the molecule is CC1CCc2c(sc3ncnc(N4CCNC(=O)CC4c4ccccc4)c23)C1. The summed E-state index contributed by atoms with van der Waals surface area (Å²) in [6.45, 7) is 3.72. The molecule has 28 heavy (non-hydrogen) atoms. The molecule has 1 aliphatic carbocycles. The van der Waals surface area contributed by atoms with Gasteiger partial charge in [0.25, 0.3) is 0 Å². The molecule has 2 unspecified atom stereocenters. The highest BCUT2D eigenvalue weighted by Crippen LogP contribution is 2.42. The largest absolute Gasteiger partial charge is 0.354 e. The molecule has 1 aliphatic heterocycles. The summed E-state index contributed by atoms with van der Waals surface area (Å²) in [6.07, 6.45) is 5.58. The lowest BCUT2D eigenvalue weighted by Gasteiger charge is -2.31. The van der Waals surface area contributed by atoms with E-state index in [1.807, 2.05) is 29.5 Å². The number of hydrogen-bond acceptors (Lipinski definition) is 5. The summed E-state index contributed by atoms with van der Waals surface area (Å²) < 4.78 is 0. The first-order valence-corrected chi connectivity index (χ1v) is 10.9. The molecule has 0 bridgehead atoms. The number of carbonyl (C=O) groups is 1. The van der Waals surface area contributed by atoms with E-state index < -0.39 is 0 Å². The molecular weight excluding hydrogens is 368 g/mol. The van der Waals surface area contributed by atoms with Gasteiger partial charge in [-0.3, -0.25) is 4.79 Å². The molecule has 144 valence electrons. The summed E-state index contributed by atoms with van der Waals surface area (Å²) in [7, 11) is 0. The van der Waals surface area contributed by atoms with Crippen molar-refractivity contribution in [2.45, 2.75) is 38.6 Å². The van der Waals surface area contributed by atoms with Crippen molar-refractivity contribution >= 4 is 33.3 Å². The number of carbonyl (C=O) groups excluding carboxylic acids is 1. The molecule has 0 spiro atoms. The average molecular weight is 393 g/mol. The maximum absolute atomic E-state index is 12.4. The van der Waals surface area contributed by atoms with Gasteiger partial charge in [-0.25, -0.2) is 9.97 Å². The van der Waals surface area contributed by atoms with E-state index in [1.165, 1.54) is 22.2 Å². The standard InChI is InChI=1S/C22H24N4OS/c1-14-7-8-16-18(11-14)28-22-20(16)21(24-13-25-22)26-10-9-23-19(27)12-17(26)15-5-3-2-4-6-15/h2-6,13-14,17H,7-12H2,1H3,(H,23,27). The Labute approximate surface area is 168 Å². The molecule has 0 radical (unpaired) electrons.